The molecule has 1 aromatic heterocycles. The second-order valence-corrected chi connectivity index (χ2v) is 4.74. The number of hydrogen-bond donors (Lipinski definition) is 1. The molecule has 20 heavy (non-hydrogen) atoms. The lowest BCUT2D eigenvalue weighted by Crippen LogP contribution is -2.23. The minimum atomic E-state index is 0.294. The summed E-state index contributed by atoms with van der Waals surface area (Å²) in [6, 6.07) is 5.94. The number of aromatic nitrogens is 3. The van der Waals surface area contributed by atoms with E-state index < -0.39 is 0 Å². The Morgan fingerprint density at radius 3 is 2.95 bits per heavy atom. The SMILES string of the molecule is CN(CCc1cccc2c1OCO2)c1nnc(N)n1C. The van der Waals surface area contributed by atoms with Gasteiger partial charge >= 0.3 is 0 Å². The summed E-state index contributed by atoms with van der Waals surface area (Å²) in [5.74, 6) is 2.81. The van der Waals surface area contributed by atoms with Crippen LogP contribution >= 0.6 is 0 Å². The molecule has 2 aromatic rings. The van der Waals surface area contributed by atoms with Crippen LogP contribution in [0.2, 0.25) is 0 Å². The zero-order valence-electron chi connectivity index (χ0n) is 11.5. The molecule has 2 heterocycles. The van der Waals surface area contributed by atoms with E-state index in [1.807, 2.05) is 37.2 Å². The first kappa shape index (κ1) is 12.6. The Hall–Kier alpha value is -2.44. The van der Waals surface area contributed by atoms with Crippen molar-refractivity contribution in [1.82, 2.24) is 14.8 Å². The number of likely N-dealkylation sites (N-methyl/N-ethyl adjacent to an activating group) is 1. The minimum Gasteiger partial charge on any atom is -0.454 e. The molecule has 3 rings (SSSR count). The van der Waals surface area contributed by atoms with Gasteiger partial charge in [0, 0.05) is 20.6 Å². The summed E-state index contributed by atoms with van der Waals surface area (Å²) in [5.41, 5.74) is 6.81. The highest BCUT2D eigenvalue weighted by Crippen LogP contribution is 2.35. The van der Waals surface area contributed by atoms with Crippen LogP contribution in [0, 0.1) is 0 Å². The van der Waals surface area contributed by atoms with Crippen LogP contribution in [0.4, 0.5) is 11.9 Å². The van der Waals surface area contributed by atoms with Gasteiger partial charge in [-0.3, -0.25) is 4.57 Å². The Morgan fingerprint density at radius 2 is 2.20 bits per heavy atom. The van der Waals surface area contributed by atoms with E-state index in [4.69, 9.17) is 15.2 Å². The van der Waals surface area contributed by atoms with E-state index in [0.29, 0.717) is 12.7 Å². The van der Waals surface area contributed by atoms with Crippen LogP contribution in [0.15, 0.2) is 18.2 Å². The molecule has 1 aliphatic heterocycles. The number of benzene rings is 1. The predicted molar refractivity (Wildman–Crippen MR) is 75.0 cm³/mol. The number of fused-ring (bicyclic) bond motifs is 1. The fourth-order valence-electron chi connectivity index (χ4n) is 2.24. The number of nitrogens with zero attached hydrogens (tertiary/aromatic N) is 4. The summed E-state index contributed by atoms with van der Waals surface area (Å²) in [4.78, 5) is 2.01. The van der Waals surface area contributed by atoms with E-state index in [1.54, 1.807) is 4.57 Å². The maximum atomic E-state index is 5.69. The van der Waals surface area contributed by atoms with Crippen molar-refractivity contribution in [3.63, 3.8) is 0 Å². The maximum Gasteiger partial charge on any atom is 0.231 e. The van der Waals surface area contributed by atoms with Crippen molar-refractivity contribution in [3.8, 4) is 11.5 Å². The highest BCUT2D eigenvalue weighted by molar-refractivity contribution is 5.48. The largest absolute Gasteiger partial charge is 0.454 e. The Balaban J connectivity index is 1.71. The molecule has 0 saturated heterocycles. The van der Waals surface area contributed by atoms with Gasteiger partial charge in [0.15, 0.2) is 11.5 Å². The Morgan fingerprint density at radius 1 is 1.35 bits per heavy atom. The van der Waals surface area contributed by atoms with E-state index in [0.717, 1.165) is 36.0 Å². The number of anilines is 2. The second-order valence-electron chi connectivity index (χ2n) is 4.74. The zero-order valence-corrected chi connectivity index (χ0v) is 11.5. The molecule has 1 aromatic carbocycles. The normalized spacial score (nSPS) is 12.7. The zero-order chi connectivity index (χ0) is 14.1. The Kier molecular flexibility index (Phi) is 3.09. The van der Waals surface area contributed by atoms with Crippen molar-refractivity contribution in [3.05, 3.63) is 23.8 Å². The quantitative estimate of drug-likeness (QED) is 0.889. The molecule has 1 aliphatic rings. The summed E-state index contributed by atoms with van der Waals surface area (Å²) in [6.45, 7) is 1.08. The molecule has 0 amide bonds. The van der Waals surface area contributed by atoms with Gasteiger partial charge in [-0.2, -0.15) is 0 Å². The molecule has 2 N–H and O–H groups in total. The van der Waals surface area contributed by atoms with Crippen LogP contribution in [0.5, 0.6) is 11.5 Å². The Bertz CT molecular complexity index is 625. The maximum absolute atomic E-state index is 5.69. The van der Waals surface area contributed by atoms with Gasteiger partial charge in [0.25, 0.3) is 0 Å². The van der Waals surface area contributed by atoms with E-state index in [9.17, 15) is 0 Å². The van der Waals surface area contributed by atoms with E-state index in [2.05, 4.69) is 10.2 Å². The van der Waals surface area contributed by atoms with Gasteiger partial charge < -0.3 is 20.1 Å². The van der Waals surface area contributed by atoms with Crippen molar-refractivity contribution >= 4 is 11.9 Å². The molecule has 0 spiro atoms. The summed E-state index contributed by atoms with van der Waals surface area (Å²) in [6.07, 6.45) is 0.829. The molecule has 7 nitrogen and oxygen atoms in total. The van der Waals surface area contributed by atoms with Crippen molar-refractivity contribution in [2.45, 2.75) is 6.42 Å². The van der Waals surface area contributed by atoms with Crippen LogP contribution < -0.4 is 20.1 Å². The van der Waals surface area contributed by atoms with Gasteiger partial charge in [0.05, 0.1) is 0 Å². The summed E-state index contributed by atoms with van der Waals surface area (Å²) < 4.78 is 12.6. The molecule has 0 atom stereocenters. The average molecular weight is 275 g/mol. The van der Waals surface area contributed by atoms with Crippen molar-refractivity contribution in [1.29, 1.82) is 0 Å². The molecule has 0 unspecified atom stereocenters. The minimum absolute atomic E-state index is 0.294. The first-order valence-corrected chi connectivity index (χ1v) is 6.40. The molecular formula is C13H17N5O2. The van der Waals surface area contributed by atoms with Crippen LogP contribution in [0.25, 0.3) is 0 Å². The van der Waals surface area contributed by atoms with Gasteiger partial charge in [0.2, 0.25) is 18.7 Å². The summed E-state index contributed by atoms with van der Waals surface area (Å²) in [5, 5.41) is 7.91. The first-order valence-electron chi connectivity index (χ1n) is 6.40. The molecule has 0 fully saturated rings. The van der Waals surface area contributed by atoms with Crippen LogP contribution in [0.1, 0.15) is 5.56 Å². The summed E-state index contributed by atoms with van der Waals surface area (Å²) in [7, 11) is 3.81. The number of hydrogen-bond acceptors (Lipinski definition) is 6. The molecule has 0 bridgehead atoms. The number of nitrogen functional groups attached to an aromatic ring is 1. The van der Waals surface area contributed by atoms with Gasteiger partial charge in [-0.15, -0.1) is 10.2 Å². The Labute approximate surface area is 116 Å². The fourth-order valence-corrected chi connectivity index (χ4v) is 2.24. The number of rotatable bonds is 4. The highest BCUT2D eigenvalue weighted by Gasteiger charge is 2.18. The standard InChI is InChI=1S/C13H17N5O2/c1-17(13-16-15-12(14)18(13)2)7-6-9-4-3-5-10-11(9)20-8-19-10/h3-5H,6-8H2,1-2H3,(H2,14,15). The highest BCUT2D eigenvalue weighted by atomic mass is 16.7. The van der Waals surface area contributed by atoms with Crippen LogP contribution in [-0.2, 0) is 13.5 Å². The summed E-state index contributed by atoms with van der Waals surface area (Å²) >= 11 is 0. The van der Waals surface area contributed by atoms with Crippen molar-refractivity contribution in [2.24, 2.45) is 7.05 Å². The molecular weight excluding hydrogens is 258 g/mol. The number of nitrogens with two attached hydrogens (primary N) is 1. The van der Waals surface area contributed by atoms with Gasteiger partial charge in [-0.25, -0.2) is 0 Å². The predicted octanol–water partition coefficient (Wildman–Crippen LogP) is 0.805. The fraction of sp³-hybridized carbons (Fsp3) is 0.385. The van der Waals surface area contributed by atoms with E-state index in [-0.39, 0.29) is 0 Å². The van der Waals surface area contributed by atoms with Crippen molar-refractivity contribution < 1.29 is 9.47 Å². The second kappa shape index (κ2) is 4.92. The lowest BCUT2D eigenvalue weighted by atomic mass is 10.1. The van der Waals surface area contributed by atoms with Crippen LogP contribution in [-0.4, -0.2) is 35.1 Å². The van der Waals surface area contributed by atoms with Gasteiger partial charge in [-0.05, 0) is 18.1 Å². The smallest absolute Gasteiger partial charge is 0.231 e. The van der Waals surface area contributed by atoms with E-state index in [1.165, 1.54) is 0 Å². The molecule has 106 valence electrons. The lowest BCUT2D eigenvalue weighted by molar-refractivity contribution is 0.173. The molecule has 0 saturated carbocycles. The van der Waals surface area contributed by atoms with Gasteiger partial charge in [0.1, 0.15) is 0 Å². The lowest BCUT2D eigenvalue weighted by Gasteiger charge is -2.17. The third kappa shape index (κ3) is 2.11. The monoisotopic (exact) mass is 275 g/mol. The topological polar surface area (TPSA) is 78.4 Å². The third-order valence-electron chi connectivity index (χ3n) is 3.42. The third-order valence-corrected chi connectivity index (χ3v) is 3.42. The van der Waals surface area contributed by atoms with Gasteiger partial charge in [-0.1, -0.05) is 12.1 Å². The molecule has 0 aliphatic carbocycles. The molecule has 7 heteroatoms. The number of ether oxygens (including phenoxy) is 2. The van der Waals surface area contributed by atoms with E-state index >= 15 is 0 Å². The molecule has 0 radical (unpaired) electrons. The first-order chi connectivity index (χ1) is 9.66. The average Bonchev–Trinajstić information content (AvgIpc) is 3.04. The van der Waals surface area contributed by atoms with Crippen molar-refractivity contribution in [2.75, 3.05) is 31.0 Å². The number of para-hydroxylation sites is 1. The van der Waals surface area contributed by atoms with Crippen LogP contribution in [0.3, 0.4) is 0 Å².